The third kappa shape index (κ3) is 6.31. The van der Waals surface area contributed by atoms with Gasteiger partial charge in [-0.05, 0) is 60.1 Å². The van der Waals surface area contributed by atoms with Gasteiger partial charge in [-0.3, -0.25) is 9.69 Å². The summed E-state index contributed by atoms with van der Waals surface area (Å²) in [5, 5.41) is 12.9. The maximum atomic E-state index is 14.4. The van der Waals surface area contributed by atoms with Crippen molar-refractivity contribution in [3.8, 4) is 34.0 Å². The van der Waals surface area contributed by atoms with Gasteiger partial charge in [-0.25, -0.2) is 8.78 Å². The van der Waals surface area contributed by atoms with Crippen LogP contribution in [0.5, 0.6) is 0 Å². The topological polar surface area (TPSA) is 88.7 Å². The first-order chi connectivity index (χ1) is 16.8. The maximum Gasteiger partial charge on any atom is 0.317 e. The zero-order valence-electron chi connectivity index (χ0n) is 19.6. The predicted molar refractivity (Wildman–Crippen MR) is 132 cm³/mol. The Labute approximate surface area is 212 Å². The lowest BCUT2D eigenvalue weighted by molar-refractivity contribution is -0.138. The molecule has 0 fully saturated rings. The number of aliphatic carboxylic acids is 1. The lowest BCUT2D eigenvalue weighted by atomic mass is 9.97. The van der Waals surface area contributed by atoms with Crippen LogP contribution in [0.2, 0.25) is 0 Å². The Morgan fingerprint density at radius 2 is 1.83 bits per heavy atom. The van der Waals surface area contributed by atoms with Crippen molar-refractivity contribution < 1.29 is 27.9 Å². The monoisotopic (exact) mass is 515 g/mol. The quantitative estimate of drug-likeness (QED) is 0.318. The fourth-order valence-electron chi connectivity index (χ4n) is 3.87. The van der Waals surface area contributed by atoms with Crippen LogP contribution in [0.25, 0.3) is 34.0 Å². The van der Waals surface area contributed by atoms with Crippen molar-refractivity contribution in [3.63, 3.8) is 0 Å². The van der Waals surface area contributed by atoms with E-state index < -0.39 is 11.8 Å². The molecule has 0 aliphatic heterocycles. The third-order valence-electron chi connectivity index (χ3n) is 5.32. The van der Waals surface area contributed by atoms with Gasteiger partial charge in [0.1, 0.15) is 11.6 Å². The number of carboxylic acid groups (broad SMARTS) is 1. The van der Waals surface area contributed by atoms with Crippen molar-refractivity contribution in [1.29, 1.82) is 0 Å². The normalized spacial score (nSPS) is 10.9. The van der Waals surface area contributed by atoms with Crippen LogP contribution < -0.4 is 0 Å². The summed E-state index contributed by atoms with van der Waals surface area (Å²) in [7, 11) is 3.19. The molecule has 0 saturated carbocycles. The molecule has 0 amide bonds. The summed E-state index contributed by atoms with van der Waals surface area (Å²) in [6, 6.07) is 16.1. The minimum atomic E-state index is -0.971. The second kappa shape index (κ2) is 11.9. The van der Waals surface area contributed by atoms with E-state index in [1.54, 1.807) is 61.5 Å². The zero-order chi connectivity index (χ0) is 24.9. The van der Waals surface area contributed by atoms with E-state index in [2.05, 4.69) is 10.1 Å². The largest absolute Gasteiger partial charge is 0.480 e. The predicted octanol–water partition coefficient (Wildman–Crippen LogP) is 5.43. The van der Waals surface area contributed by atoms with Crippen LogP contribution in [0.3, 0.4) is 0 Å². The standard InChI is InChI=1S/C26H23F2N3O4.ClH/c1-31(14-24(32)33)13-16-9-18(12-20(27)10-16)25-29-26(35-30-25)17-7-8-21(19(11-17)15-34-2)22-5-3-4-6-23(22)28;/h3-12H,13-15H2,1-2H3,(H,32,33);1H. The molecule has 7 nitrogen and oxygen atoms in total. The van der Waals surface area contributed by atoms with Crippen LogP contribution in [-0.2, 0) is 22.7 Å². The highest BCUT2D eigenvalue weighted by Gasteiger charge is 2.16. The second-order valence-electron chi connectivity index (χ2n) is 8.12. The number of carbonyl (C=O) groups is 1. The third-order valence-corrected chi connectivity index (χ3v) is 5.32. The lowest BCUT2D eigenvalue weighted by Gasteiger charge is -2.14. The highest BCUT2D eigenvalue weighted by atomic mass is 35.5. The van der Waals surface area contributed by atoms with Crippen LogP contribution >= 0.6 is 12.4 Å². The molecule has 0 spiro atoms. The van der Waals surface area contributed by atoms with E-state index in [1.807, 2.05) is 0 Å². The summed E-state index contributed by atoms with van der Waals surface area (Å²) in [6.45, 7) is 0.306. The van der Waals surface area contributed by atoms with E-state index in [-0.39, 0.29) is 49.6 Å². The van der Waals surface area contributed by atoms with Crippen molar-refractivity contribution in [2.24, 2.45) is 0 Å². The average Bonchev–Trinajstić information content (AvgIpc) is 3.29. The van der Waals surface area contributed by atoms with E-state index in [0.717, 1.165) is 5.56 Å². The summed E-state index contributed by atoms with van der Waals surface area (Å²) < 4.78 is 39.4. The van der Waals surface area contributed by atoms with E-state index in [1.165, 1.54) is 18.2 Å². The number of benzene rings is 3. The highest BCUT2D eigenvalue weighted by Crippen LogP contribution is 2.31. The van der Waals surface area contributed by atoms with Gasteiger partial charge in [0, 0.05) is 30.3 Å². The zero-order valence-corrected chi connectivity index (χ0v) is 20.4. The SMILES string of the molecule is COCc1cc(-c2nc(-c3cc(F)cc(CN(C)CC(=O)O)c3)no2)ccc1-c1ccccc1F.Cl. The van der Waals surface area contributed by atoms with Crippen LogP contribution in [0.1, 0.15) is 11.1 Å². The summed E-state index contributed by atoms with van der Waals surface area (Å²) in [5.41, 5.74) is 3.47. The van der Waals surface area contributed by atoms with Gasteiger partial charge in [-0.2, -0.15) is 4.98 Å². The number of hydrogen-bond donors (Lipinski definition) is 1. The Morgan fingerprint density at radius 1 is 1.06 bits per heavy atom. The van der Waals surface area contributed by atoms with Gasteiger partial charge in [-0.1, -0.05) is 29.4 Å². The molecular formula is C26H24ClF2N3O4. The van der Waals surface area contributed by atoms with Gasteiger partial charge in [0.25, 0.3) is 5.89 Å². The molecule has 0 atom stereocenters. The molecule has 4 rings (SSSR count). The number of aromatic nitrogens is 2. The number of ether oxygens (including phenoxy) is 1. The molecule has 0 saturated heterocycles. The maximum absolute atomic E-state index is 14.4. The Bertz CT molecular complexity index is 1360. The first kappa shape index (κ1) is 26.9. The molecule has 0 aliphatic rings. The van der Waals surface area contributed by atoms with Crippen molar-refractivity contribution in [3.05, 3.63) is 83.4 Å². The van der Waals surface area contributed by atoms with Crippen molar-refractivity contribution >= 4 is 18.4 Å². The van der Waals surface area contributed by atoms with E-state index in [9.17, 15) is 13.6 Å². The number of carboxylic acids is 1. The van der Waals surface area contributed by atoms with Crippen molar-refractivity contribution in [2.45, 2.75) is 13.2 Å². The van der Waals surface area contributed by atoms with Crippen molar-refractivity contribution in [1.82, 2.24) is 15.0 Å². The summed E-state index contributed by atoms with van der Waals surface area (Å²) in [6.07, 6.45) is 0. The molecular weight excluding hydrogens is 492 g/mol. The molecule has 1 N–H and O–H groups in total. The Hall–Kier alpha value is -3.66. The molecule has 188 valence electrons. The Morgan fingerprint density at radius 3 is 2.56 bits per heavy atom. The number of likely N-dealkylation sites (N-methyl/N-ethyl adjacent to an activating group) is 1. The number of rotatable bonds is 9. The molecule has 3 aromatic carbocycles. The fraction of sp³-hybridized carbons (Fsp3) is 0.192. The first-order valence-electron chi connectivity index (χ1n) is 10.7. The van der Waals surface area contributed by atoms with Crippen LogP contribution in [0.15, 0.2) is 65.2 Å². The molecule has 4 aromatic rings. The molecule has 0 unspecified atom stereocenters. The minimum Gasteiger partial charge on any atom is -0.480 e. The Balaban J connectivity index is 0.00000361. The number of hydrogen-bond acceptors (Lipinski definition) is 6. The fourth-order valence-corrected chi connectivity index (χ4v) is 3.87. The highest BCUT2D eigenvalue weighted by molar-refractivity contribution is 5.85. The average molecular weight is 516 g/mol. The van der Waals surface area contributed by atoms with Crippen LogP contribution in [0, 0.1) is 11.6 Å². The molecule has 1 heterocycles. The second-order valence-corrected chi connectivity index (χ2v) is 8.12. The van der Waals surface area contributed by atoms with Gasteiger partial charge < -0.3 is 14.4 Å². The van der Waals surface area contributed by atoms with E-state index in [0.29, 0.717) is 27.8 Å². The van der Waals surface area contributed by atoms with Crippen molar-refractivity contribution in [2.75, 3.05) is 20.7 Å². The molecule has 10 heteroatoms. The van der Waals surface area contributed by atoms with Gasteiger partial charge >= 0.3 is 5.97 Å². The van der Waals surface area contributed by atoms with E-state index in [4.69, 9.17) is 14.4 Å². The molecule has 0 radical (unpaired) electrons. The van der Waals surface area contributed by atoms with E-state index >= 15 is 0 Å². The van der Waals surface area contributed by atoms with Gasteiger partial charge in [-0.15, -0.1) is 12.4 Å². The molecule has 36 heavy (non-hydrogen) atoms. The summed E-state index contributed by atoms with van der Waals surface area (Å²) in [5.74, 6) is -1.40. The lowest BCUT2D eigenvalue weighted by Crippen LogP contribution is -2.25. The first-order valence-corrected chi connectivity index (χ1v) is 10.7. The van der Waals surface area contributed by atoms with Crippen LogP contribution in [-0.4, -0.2) is 46.8 Å². The van der Waals surface area contributed by atoms with Gasteiger partial charge in [0.05, 0.1) is 13.2 Å². The van der Waals surface area contributed by atoms with Gasteiger partial charge in [0.15, 0.2) is 0 Å². The number of nitrogens with zero attached hydrogens (tertiary/aromatic N) is 3. The minimum absolute atomic E-state index is 0. The molecule has 0 bridgehead atoms. The molecule has 0 aliphatic carbocycles. The number of halogens is 3. The number of methoxy groups -OCH3 is 1. The van der Waals surface area contributed by atoms with Crippen LogP contribution in [0.4, 0.5) is 8.78 Å². The Kier molecular flexibility index (Phi) is 8.87. The smallest absolute Gasteiger partial charge is 0.317 e. The molecule has 1 aromatic heterocycles. The van der Waals surface area contributed by atoms with Gasteiger partial charge in [0.2, 0.25) is 5.82 Å². The summed E-state index contributed by atoms with van der Waals surface area (Å²) in [4.78, 5) is 16.9. The summed E-state index contributed by atoms with van der Waals surface area (Å²) >= 11 is 0.